The van der Waals surface area contributed by atoms with Gasteiger partial charge in [0.1, 0.15) is 24.7 Å². The fraction of sp³-hybridized carbons (Fsp3) is 0.394. The Labute approximate surface area is 285 Å². The highest BCUT2D eigenvalue weighted by molar-refractivity contribution is 7.93. The number of rotatable bonds is 17. The van der Waals surface area contributed by atoms with Crippen molar-refractivity contribution in [2.24, 2.45) is 5.92 Å². The second-order valence-electron chi connectivity index (χ2n) is 11.2. The van der Waals surface area contributed by atoms with Crippen molar-refractivity contribution in [3.8, 4) is 0 Å². The Bertz CT molecular complexity index is 1580. The lowest BCUT2D eigenvalue weighted by Gasteiger charge is -2.27. The first-order chi connectivity index (χ1) is 23.1. The molecule has 49 heavy (non-hydrogen) atoms. The molecule has 4 atom stereocenters. The van der Waals surface area contributed by atoms with Crippen LogP contribution in [0.4, 0.5) is 4.79 Å². The maximum atomic E-state index is 13.8. The van der Waals surface area contributed by atoms with Gasteiger partial charge in [0.2, 0.25) is 17.7 Å². The van der Waals surface area contributed by atoms with Gasteiger partial charge in [-0.3, -0.25) is 24.0 Å². The summed E-state index contributed by atoms with van der Waals surface area (Å²) in [7, 11) is -1.36. The Kier molecular flexibility index (Phi) is 15.9. The highest BCUT2D eigenvalue weighted by atomic mass is 32.2. The summed E-state index contributed by atoms with van der Waals surface area (Å²) in [4.78, 5) is 77.4. The molecule has 4 amide bonds. The highest BCUT2D eigenvalue weighted by Gasteiger charge is 2.33. The zero-order valence-corrected chi connectivity index (χ0v) is 28.7. The maximum Gasteiger partial charge on any atom is 0.408 e. The van der Waals surface area contributed by atoms with Crippen LogP contribution >= 0.6 is 0 Å². The lowest BCUT2D eigenvalue weighted by atomic mass is 10.00. The Morgan fingerprint density at radius 2 is 1.31 bits per heavy atom. The SMILES string of the molecule is COC(=O)CC(C=CS(C)(=O)=O)NC(=O)C(NC(=O)C(NC(=O)C(CC(=O)OC)NC(=O)OCc1ccccc1)c1ccccc1)C(C)C. The fourth-order valence-electron chi connectivity index (χ4n) is 4.27. The van der Waals surface area contributed by atoms with E-state index in [4.69, 9.17) is 4.74 Å². The molecule has 2 rings (SSSR count). The number of hydrogen-bond acceptors (Lipinski definition) is 11. The molecule has 0 spiro atoms. The summed E-state index contributed by atoms with van der Waals surface area (Å²) < 4.78 is 37.9. The topological polar surface area (TPSA) is 212 Å². The quantitative estimate of drug-likeness (QED) is 0.137. The van der Waals surface area contributed by atoms with E-state index in [1.807, 2.05) is 0 Å². The zero-order valence-electron chi connectivity index (χ0n) is 27.8. The van der Waals surface area contributed by atoms with Crippen molar-refractivity contribution < 1.29 is 51.4 Å². The van der Waals surface area contributed by atoms with Gasteiger partial charge in [-0.1, -0.05) is 80.6 Å². The standard InChI is InChI=1S/C33H42N4O11S/c1-21(2)28(31(41)34-24(18-26(38)46-3)16-17-49(5,44)45)36-32(42)29(23-14-10-7-11-15-23)37-30(40)25(19-27(39)47-4)35-33(43)48-20-22-12-8-6-9-13-22/h6-17,21,24-25,28-29H,18-20H2,1-5H3,(H,34,41)(H,35,43)(H,36,42)(H,37,40). The van der Waals surface area contributed by atoms with Gasteiger partial charge in [0.25, 0.3) is 0 Å². The van der Waals surface area contributed by atoms with Gasteiger partial charge in [-0.25, -0.2) is 13.2 Å². The van der Waals surface area contributed by atoms with Crippen molar-refractivity contribution in [1.29, 1.82) is 0 Å². The predicted octanol–water partition coefficient (Wildman–Crippen LogP) is 1.45. The molecule has 15 nitrogen and oxygen atoms in total. The largest absolute Gasteiger partial charge is 0.469 e. The van der Waals surface area contributed by atoms with Crippen molar-refractivity contribution in [2.75, 3.05) is 20.5 Å². The first kappa shape index (κ1) is 39.9. The fourth-order valence-corrected chi connectivity index (χ4v) is 4.74. The molecule has 0 fully saturated rings. The Balaban J connectivity index is 2.30. The number of amides is 4. The molecule has 0 saturated carbocycles. The zero-order chi connectivity index (χ0) is 36.6. The number of benzene rings is 2. The molecule has 0 aliphatic carbocycles. The molecule has 0 radical (unpaired) electrons. The normalized spacial score (nSPS) is 13.7. The molecular weight excluding hydrogens is 660 g/mol. The summed E-state index contributed by atoms with van der Waals surface area (Å²) in [6.45, 7) is 3.16. The van der Waals surface area contributed by atoms with Gasteiger partial charge in [-0.05, 0) is 17.0 Å². The summed E-state index contributed by atoms with van der Waals surface area (Å²) in [6.07, 6.45) is 0.0741. The first-order valence-corrected chi connectivity index (χ1v) is 17.0. The minimum atomic E-state index is -3.60. The van der Waals surface area contributed by atoms with Crippen LogP contribution in [0.25, 0.3) is 0 Å². The van der Waals surface area contributed by atoms with Crippen LogP contribution < -0.4 is 21.3 Å². The number of nitrogens with one attached hydrogen (secondary N) is 4. The van der Waals surface area contributed by atoms with Crippen LogP contribution in [0, 0.1) is 5.92 Å². The number of alkyl carbamates (subject to hydrolysis) is 1. The second kappa shape index (κ2) is 19.5. The third kappa shape index (κ3) is 14.6. The Morgan fingerprint density at radius 3 is 1.86 bits per heavy atom. The van der Waals surface area contributed by atoms with E-state index in [1.165, 1.54) is 0 Å². The van der Waals surface area contributed by atoms with Crippen LogP contribution in [0.5, 0.6) is 0 Å². The number of carbonyl (C=O) groups is 6. The lowest BCUT2D eigenvalue weighted by Crippen LogP contribution is -2.56. The van der Waals surface area contributed by atoms with Gasteiger partial charge in [0.05, 0.1) is 33.1 Å². The average molecular weight is 703 g/mol. The minimum absolute atomic E-state index is 0.114. The second-order valence-corrected chi connectivity index (χ2v) is 13.1. The molecule has 0 bridgehead atoms. The maximum absolute atomic E-state index is 13.8. The van der Waals surface area contributed by atoms with E-state index in [1.54, 1.807) is 74.5 Å². The summed E-state index contributed by atoms with van der Waals surface area (Å²) in [5.74, 6) is -4.58. The van der Waals surface area contributed by atoms with Crippen LogP contribution in [0.2, 0.25) is 0 Å². The van der Waals surface area contributed by atoms with Gasteiger partial charge in [0, 0.05) is 11.7 Å². The third-order valence-corrected chi connectivity index (χ3v) is 7.50. The average Bonchev–Trinajstić information content (AvgIpc) is 3.07. The van der Waals surface area contributed by atoms with Gasteiger partial charge < -0.3 is 35.5 Å². The summed E-state index contributed by atoms with van der Waals surface area (Å²) >= 11 is 0. The molecule has 0 saturated heterocycles. The molecule has 2 aromatic rings. The summed E-state index contributed by atoms with van der Waals surface area (Å²) in [5.41, 5.74) is 0.985. The van der Waals surface area contributed by atoms with E-state index in [2.05, 4.69) is 30.7 Å². The molecule has 2 aromatic carbocycles. The van der Waals surface area contributed by atoms with Crippen LogP contribution in [0.15, 0.2) is 72.1 Å². The molecule has 266 valence electrons. The Hall–Kier alpha value is -5.25. The van der Waals surface area contributed by atoms with E-state index in [9.17, 15) is 37.2 Å². The molecule has 16 heteroatoms. The molecule has 4 N–H and O–H groups in total. The Morgan fingerprint density at radius 1 is 0.735 bits per heavy atom. The van der Waals surface area contributed by atoms with Crippen LogP contribution in [0.1, 0.15) is 43.9 Å². The smallest absolute Gasteiger partial charge is 0.408 e. The molecular formula is C33H42N4O11S. The summed E-state index contributed by atoms with van der Waals surface area (Å²) in [5, 5.41) is 10.9. The molecule has 0 aliphatic rings. The van der Waals surface area contributed by atoms with Crippen LogP contribution in [-0.2, 0) is 54.6 Å². The van der Waals surface area contributed by atoms with Crippen LogP contribution in [-0.4, -0.2) is 82.8 Å². The van der Waals surface area contributed by atoms with E-state index in [0.717, 1.165) is 32.0 Å². The lowest BCUT2D eigenvalue weighted by molar-refractivity contribution is -0.143. The van der Waals surface area contributed by atoms with Crippen molar-refractivity contribution >= 4 is 45.6 Å². The van der Waals surface area contributed by atoms with E-state index < -0.39 is 88.5 Å². The highest BCUT2D eigenvalue weighted by Crippen LogP contribution is 2.16. The van der Waals surface area contributed by atoms with E-state index >= 15 is 0 Å². The monoisotopic (exact) mass is 702 g/mol. The van der Waals surface area contributed by atoms with Crippen molar-refractivity contribution in [3.05, 3.63) is 83.3 Å². The van der Waals surface area contributed by atoms with Gasteiger partial charge in [0.15, 0.2) is 9.84 Å². The van der Waals surface area contributed by atoms with E-state index in [0.29, 0.717) is 11.1 Å². The number of esters is 2. The predicted molar refractivity (Wildman–Crippen MR) is 177 cm³/mol. The van der Waals surface area contributed by atoms with Crippen molar-refractivity contribution in [2.45, 2.75) is 57.5 Å². The van der Waals surface area contributed by atoms with E-state index in [-0.39, 0.29) is 6.61 Å². The molecule has 0 aromatic heterocycles. The molecule has 4 unspecified atom stereocenters. The van der Waals surface area contributed by atoms with Gasteiger partial charge in [-0.15, -0.1) is 0 Å². The van der Waals surface area contributed by atoms with Gasteiger partial charge in [-0.2, -0.15) is 0 Å². The van der Waals surface area contributed by atoms with Crippen molar-refractivity contribution in [1.82, 2.24) is 21.3 Å². The minimum Gasteiger partial charge on any atom is -0.469 e. The number of sulfone groups is 1. The number of ether oxygens (including phenoxy) is 3. The third-order valence-electron chi connectivity index (χ3n) is 6.85. The number of methoxy groups -OCH3 is 2. The first-order valence-electron chi connectivity index (χ1n) is 15.1. The van der Waals surface area contributed by atoms with Gasteiger partial charge >= 0.3 is 18.0 Å². The summed E-state index contributed by atoms with van der Waals surface area (Å²) in [6, 6.07) is 11.5. The van der Waals surface area contributed by atoms with Crippen LogP contribution in [0.3, 0.4) is 0 Å². The van der Waals surface area contributed by atoms with Crippen molar-refractivity contribution in [3.63, 3.8) is 0 Å². The number of hydrogen-bond donors (Lipinski definition) is 4. The molecule has 0 aliphatic heterocycles. The molecule has 0 heterocycles. The number of carbonyl (C=O) groups excluding carboxylic acids is 6.